The fourth-order valence-electron chi connectivity index (χ4n) is 3.02. The van der Waals surface area contributed by atoms with Crippen molar-refractivity contribution >= 4 is 33.4 Å². The molecule has 0 bridgehead atoms. The Bertz CT molecular complexity index is 753. The fourth-order valence-corrected chi connectivity index (χ4v) is 4.04. The van der Waals surface area contributed by atoms with Gasteiger partial charge in [0.2, 0.25) is 0 Å². The standard InChI is InChI=1S/C18H22BrClN4O/c1-12(2)16-15(19)17(22-21-16)18(25)24-8-6-23(7-9-24)11-13-4-3-5-14(20)10-13/h3-5,10,12H,6-9,11H2,1-2H3,(H,21,22). The minimum Gasteiger partial charge on any atom is -0.335 e. The highest BCUT2D eigenvalue weighted by molar-refractivity contribution is 9.10. The normalized spacial score (nSPS) is 15.8. The smallest absolute Gasteiger partial charge is 0.275 e. The number of aromatic nitrogens is 2. The van der Waals surface area contributed by atoms with E-state index >= 15 is 0 Å². The van der Waals surface area contributed by atoms with E-state index in [-0.39, 0.29) is 11.8 Å². The largest absolute Gasteiger partial charge is 0.335 e. The van der Waals surface area contributed by atoms with Gasteiger partial charge < -0.3 is 4.90 Å². The van der Waals surface area contributed by atoms with Crippen LogP contribution in [0.1, 0.15) is 41.5 Å². The molecular formula is C18H22BrClN4O. The van der Waals surface area contributed by atoms with Crippen LogP contribution in [0.3, 0.4) is 0 Å². The first-order valence-electron chi connectivity index (χ1n) is 8.45. The molecule has 7 heteroatoms. The van der Waals surface area contributed by atoms with Crippen LogP contribution in [-0.4, -0.2) is 52.1 Å². The van der Waals surface area contributed by atoms with Gasteiger partial charge in [-0.2, -0.15) is 5.10 Å². The summed E-state index contributed by atoms with van der Waals surface area (Å²) in [5.74, 6) is 0.274. The molecular weight excluding hydrogens is 404 g/mol. The van der Waals surface area contributed by atoms with Gasteiger partial charge in [0.05, 0.1) is 10.2 Å². The third-order valence-corrected chi connectivity index (χ3v) is 5.51. The molecule has 2 heterocycles. The summed E-state index contributed by atoms with van der Waals surface area (Å²) >= 11 is 9.57. The van der Waals surface area contributed by atoms with Crippen LogP contribution in [-0.2, 0) is 6.54 Å². The van der Waals surface area contributed by atoms with Crippen LogP contribution in [0.2, 0.25) is 5.02 Å². The molecule has 1 N–H and O–H groups in total. The summed E-state index contributed by atoms with van der Waals surface area (Å²) < 4.78 is 0.786. The van der Waals surface area contributed by atoms with Gasteiger partial charge in [-0.05, 0) is 39.5 Å². The molecule has 2 aromatic rings. The molecule has 5 nitrogen and oxygen atoms in total. The summed E-state index contributed by atoms with van der Waals surface area (Å²) in [4.78, 5) is 17.0. The van der Waals surface area contributed by atoms with Crippen LogP contribution in [0, 0.1) is 0 Å². The predicted molar refractivity (Wildman–Crippen MR) is 103 cm³/mol. The Morgan fingerprint density at radius 1 is 1.32 bits per heavy atom. The minimum atomic E-state index is -0.0163. The molecule has 0 radical (unpaired) electrons. The van der Waals surface area contributed by atoms with Gasteiger partial charge in [-0.1, -0.05) is 37.6 Å². The predicted octanol–water partition coefficient (Wildman–Crippen LogP) is 3.91. The molecule has 0 saturated carbocycles. The zero-order chi connectivity index (χ0) is 18.0. The van der Waals surface area contributed by atoms with E-state index in [0.29, 0.717) is 18.8 Å². The quantitative estimate of drug-likeness (QED) is 0.808. The van der Waals surface area contributed by atoms with Crippen molar-refractivity contribution in [3.63, 3.8) is 0 Å². The van der Waals surface area contributed by atoms with E-state index in [0.717, 1.165) is 34.8 Å². The van der Waals surface area contributed by atoms with Crippen LogP contribution in [0.15, 0.2) is 28.7 Å². The van der Waals surface area contributed by atoms with Crippen LogP contribution in [0.4, 0.5) is 0 Å². The maximum atomic E-state index is 12.7. The average molecular weight is 426 g/mol. The second kappa shape index (κ2) is 7.89. The molecule has 134 valence electrons. The molecule has 1 aromatic carbocycles. The number of hydrogen-bond acceptors (Lipinski definition) is 3. The van der Waals surface area contributed by atoms with Gasteiger partial charge in [-0.15, -0.1) is 0 Å². The van der Waals surface area contributed by atoms with E-state index < -0.39 is 0 Å². The highest BCUT2D eigenvalue weighted by Crippen LogP contribution is 2.26. The second-order valence-corrected chi connectivity index (χ2v) is 7.88. The van der Waals surface area contributed by atoms with Crippen molar-refractivity contribution in [2.75, 3.05) is 26.2 Å². The SMILES string of the molecule is CC(C)c1[nH]nc(C(=O)N2CCN(Cc3cccc(Cl)c3)CC2)c1Br. The lowest BCUT2D eigenvalue weighted by Crippen LogP contribution is -2.48. The van der Waals surface area contributed by atoms with Crippen LogP contribution in [0.5, 0.6) is 0 Å². The number of amides is 1. The number of rotatable bonds is 4. The van der Waals surface area contributed by atoms with Crippen LogP contribution < -0.4 is 0 Å². The summed E-state index contributed by atoms with van der Waals surface area (Å²) in [6, 6.07) is 7.93. The van der Waals surface area contributed by atoms with E-state index in [1.165, 1.54) is 5.56 Å². The maximum absolute atomic E-state index is 12.7. The molecule has 0 spiro atoms. The Morgan fingerprint density at radius 3 is 2.64 bits per heavy atom. The molecule has 25 heavy (non-hydrogen) atoms. The molecule has 1 saturated heterocycles. The van der Waals surface area contributed by atoms with Crippen molar-refractivity contribution in [2.24, 2.45) is 0 Å². The Morgan fingerprint density at radius 2 is 2.04 bits per heavy atom. The van der Waals surface area contributed by atoms with Gasteiger partial charge >= 0.3 is 0 Å². The van der Waals surface area contributed by atoms with E-state index in [1.54, 1.807) is 0 Å². The van der Waals surface area contributed by atoms with Gasteiger partial charge in [0.25, 0.3) is 5.91 Å². The van der Waals surface area contributed by atoms with Gasteiger partial charge in [-0.3, -0.25) is 14.8 Å². The molecule has 3 rings (SSSR count). The molecule has 1 aliphatic rings. The third-order valence-electron chi connectivity index (χ3n) is 4.47. The lowest BCUT2D eigenvalue weighted by atomic mass is 10.1. The highest BCUT2D eigenvalue weighted by Gasteiger charge is 2.27. The topological polar surface area (TPSA) is 52.2 Å². The Labute approximate surface area is 161 Å². The Hall–Kier alpha value is -1.37. The zero-order valence-electron chi connectivity index (χ0n) is 14.4. The number of piperazine rings is 1. The minimum absolute atomic E-state index is 0.0163. The number of nitrogens with one attached hydrogen (secondary N) is 1. The number of nitrogens with zero attached hydrogens (tertiary/aromatic N) is 3. The molecule has 1 fully saturated rings. The van der Waals surface area contributed by atoms with Crippen LogP contribution >= 0.6 is 27.5 Å². The summed E-state index contributed by atoms with van der Waals surface area (Å²) in [5.41, 5.74) is 2.64. The van der Waals surface area contributed by atoms with E-state index in [1.807, 2.05) is 23.1 Å². The molecule has 0 aliphatic carbocycles. The Balaban J connectivity index is 1.59. The Kier molecular flexibility index (Phi) is 5.81. The number of benzene rings is 1. The van der Waals surface area contributed by atoms with Crippen molar-refractivity contribution in [2.45, 2.75) is 26.3 Å². The number of carbonyl (C=O) groups excluding carboxylic acids is 1. The number of hydrogen-bond donors (Lipinski definition) is 1. The maximum Gasteiger partial charge on any atom is 0.275 e. The fraction of sp³-hybridized carbons (Fsp3) is 0.444. The molecule has 0 unspecified atom stereocenters. The lowest BCUT2D eigenvalue weighted by Gasteiger charge is -2.34. The molecule has 1 aromatic heterocycles. The molecule has 0 atom stereocenters. The van der Waals surface area contributed by atoms with E-state index in [2.05, 4.69) is 50.9 Å². The third kappa shape index (κ3) is 4.25. The van der Waals surface area contributed by atoms with Crippen molar-refractivity contribution in [3.05, 3.63) is 50.7 Å². The highest BCUT2D eigenvalue weighted by atomic mass is 79.9. The van der Waals surface area contributed by atoms with Gasteiger partial charge in [0.15, 0.2) is 5.69 Å². The first-order valence-corrected chi connectivity index (χ1v) is 9.62. The molecule has 1 amide bonds. The summed E-state index contributed by atoms with van der Waals surface area (Å²) in [6.07, 6.45) is 0. The first kappa shape index (κ1) is 18.4. The first-order chi connectivity index (χ1) is 12.0. The van der Waals surface area contributed by atoms with Crippen molar-refractivity contribution in [1.29, 1.82) is 0 Å². The lowest BCUT2D eigenvalue weighted by molar-refractivity contribution is 0.0622. The van der Waals surface area contributed by atoms with Gasteiger partial charge in [0, 0.05) is 37.7 Å². The number of aromatic amines is 1. The zero-order valence-corrected chi connectivity index (χ0v) is 16.8. The van der Waals surface area contributed by atoms with Gasteiger partial charge in [0.1, 0.15) is 0 Å². The monoisotopic (exact) mass is 424 g/mol. The van der Waals surface area contributed by atoms with Crippen molar-refractivity contribution in [1.82, 2.24) is 20.0 Å². The summed E-state index contributed by atoms with van der Waals surface area (Å²) in [5, 5.41) is 7.95. The summed E-state index contributed by atoms with van der Waals surface area (Å²) in [7, 11) is 0. The van der Waals surface area contributed by atoms with Gasteiger partial charge in [-0.25, -0.2) is 0 Å². The average Bonchev–Trinajstić information content (AvgIpc) is 2.97. The van der Waals surface area contributed by atoms with Crippen molar-refractivity contribution < 1.29 is 4.79 Å². The number of halogens is 2. The van der Waals surface area contributed by atoms with Crippen molar-refractivity contribution in [3.8, 4) is 0 Å². The number of carbonyl (C=O) groups is 1. The molecule has 1 aliphatic heterocycles. The van der Waals surface area contributed by atoms with E-state index in [4.69, 9.17) is 11.6 Å². The number of H-pyrrole nitrogens is 1. The summed E-state index contributed by atoms with van der Waals surface area (Å²) in [6.45, 7) is 8.09. The van der Waals surface area contributed by atoms with Crippen LogP contribution in [0.25, 0.3) is 0 Å². The van der Waals surface area contributed by atoms with E-state index in [9.17, 15) is 4.79 Å². The second-order valence-electron chi connectivity index (χ2n) is 6.65.